The first-order valence-corrected chi connectivity index (χ1v) is 6.87. The Morgan fingerprint density at radius 3 is 2.15 bits per heavy atom. The van der Waals surface area contributed by atoms with Gasteiger partial charge in [0.05, 0.1) is 0 Å². The number of rotatable bonds is 9. The highest BCUT2D eigenvalue weighted by Gasteiger charge is 2.09. The summed E-state index contributed by atoms with van der Waals surface area (Å²) < 4.78 is 14.6. The minimum absolute atomic E-state index is 0.407. The van der Waals surface area contributed by atoms with E-state index >= 15 is 0 Å². The summed E-state index contributed by atoms with van der Waals surface area (Å²) in [7, 11) is -2.39. The number of unbranched alkanes of at least 4 members (excludes halogenated alkanes) is 5. The first-order chi connectivity index (χ1) is 6.27. The van der Waals surface area contributed by atoms with Gasteiger partial charge < -0.3 is 0 Å². The second kappa shape index (κ2) is 10.6. The smallest absolute Gasteiger partial charge is 0.133 e. The number of hydrogen-bond acceptors (Lipinski definition) is 2. The molecule has 0 saturated heterocycles. The van der Waals surface area contributed by atoms with Gasteiger partial charge in [0.15, 0.2) is 0 Å². The largest absolute Gasteiger partial charge is 0.694 e. The molecule has 0 bridgehead atoms. The zero-order valence-corrected chi connectivity index (χ0v) is 10.2. The minimum Gasteiger partial charge on any atom is -0.133 e. The molecule has 0 rings (SSSR count). The molecule has 0 radical (unpaired) electrons. The van der Waals surface area contributed by atoms with Gasteiger partial charge in [-0.05, 0) is 12.8 Å². The lowest BCUT2D eigenvalue weighted by molar-refractivity contribution is 0.273. The Bertz CT molecular complexity index is 133. The van der Waals surface area contributed by atoms with E-state index in [1.807, 2.05) is 0 Å². The third-order valence-electron chi connectivity index (χ3n) is 1.73. The SMILES string of the molecule is O=[P+](O)OCCCCCCCCBr. The molecule has 78 valence electrons. The molecule has 1 N–H and O–H groups in total. The van der Waals surface area contributed by atoms with Crippen LogP contribution in [0.5, 0.6) is 0 Å². The fourth-order valence-electron chi connectivity index (χ4n) is 1.05. The van der Waals surface area contributed by atoms with E-state index in [-0.39, 0.29) is 0 Å². The maximum atomic E-state index is 10.1. The van der Waals surface area contributed by atoms with Crippen LogP contribution in [0.25, 0.3) is 0 Å². The molecule has 13 heavy (non-hydrogen) atoms. The van der Waals surface area contributed by atoms with E-state index in [0.29, 0.717) is 6.61 Å². The zero-order chi connectivity index (χ0) is 9.94. The lowest BCUT2D eigenvalue weighted by Gasteiger charge is -1.97. The average Bonchev–Trinajstić information content (AvgIpc) is 2.09. The third kappa shape index (κ3) is 12.5. The quantitative estimate of drug-likeness (QED) is 0.397. The molecule has 0 aromatic rings. The van der Waals surface area contributed by atoms with E-state index < -0.39 is 8.25 Å². The first-order valence-electron chi connectivity index (χ1n) is 4.62. The van der Waals surface area contributed by atoms with Crippen LogP contribution in [0.3, 0.4) is 0 Å². The van der Waals surface area contributed by atoms with Crippen LogP contribution in [0.15, 0.2) is 0 Å². The molecule has 3 nitrogen and oxygen atoms in total. The number of alkyl halides is 1. The first kappa shape index (κ1) is 13.5. The van der Waals surface area contributed by atoms with E-state index in [1.165, 1.54) is 25.7 Å². The van der Waals surface area contributed by atoms with E-state index in [1.54, 1.807) is 0 Å². The van der Waals surface area contributed by atoms with Crippen molar-refractivity contribution in [2.45, 2.75) is 38.5 Å². The zero-order valence-electron chi connectivity index (χ0n) is 7.75. The van der Waals surface area contributed by atoms with Crippen LogP contribution in [0.2, 0.25) is 0 Å². The summed E-state index contributed by atoms with van der Waals surface area (Å²) in [6.45, 7) is 0.407. The summed E-state index contributed by atoms with van der Waals surface area (Å²) in [5.41, 5.74) is 0. The Kier molecular flexibility index (Phi) is 11.0. The molecular weight excluding hydrogens is 255 g/mol. The van der Waals surface area contributed by atoms with Gasteiger partial charge in [-0.25, -0.2) is 0 Å². The van der Waals surface area contributed by atoms with Crippen molar-refractivity contribution in [3.05, 3.63) is 0 Å². The Balaban J connectivity index is 2.87. The lowest BCUT2D eigenvalue weighted by Crippen LogP contribution is -1.87. The number of halogens is 1. The lowest BCUT2D eigenvalue weighted by atomic mass is 10.1. The molecule has 0 aliphatic carbocycles. The fourth-order valence-corrected chi connectivity index (χ4v) is 1.73. The van der Waals surface area contributed by atoms with Gasteiger partial charge in [-0.15, -0.1) is 9.42 Å². The molecule has 0 fully saturated rings. The third-order valence-corrected chi connectivity index (χ3v) is 2.69. The summed E-state index contributed by atoms with van der Waals surface area (Å²) in [6.07, 6.45) is 6.91. The van der Waals surface area contributed by atoms with E-state index in [4.69, 9.17) is 4.89 Å². The summed E-state index contributed by atoms with van der Waals surface area (Å²) in [5.74, 6) is 0. The van der Waals surface area contributed by atoms with E-state index in [0.717, 1.165) is 18.2 Å². The molecule has 0 saturated carbocycles. The van der Waals surface area contributed by atoms with Crippen molar-refractivity contribution in [1.29, 1.82) is 0 Å². The van der Waals surface area contributed by atoms with Crippen LogP contribution in [0, 0.1) is 0 Å². The van der Waals surface area contributed by atoms with Crippen molar-refractivity contribution in [2.24, 2.45) is 0 Å². The summed E-state index contributed by atoms with van der Waals surface area (Å²) >= 11 is 3.38. The maximum Gasteiger partial charge on any atom is 0.694 e. The van der Waals surface area contributed by atoms with Gasteiger partial charge in [0, 0.05) is 9.90 Å². The predicted octanol–water partition coefficient (Wildman–Crippen LogP) is 3.39. The minimum atomic E-state index is -2.39. The second-order valence-corrected chi connectivity index (χ2v) is 4.41. The van der Waals surface area contributed by atoms with Crippen molar-refractivity contribution >= 4 is 24.2 Å². The van der Waals surface area contributed by atoms with Crippen LogP contribution in [0.1, 0.15) is 38.5 Å². The maximum absolute atomic E-state index is 10.1. The average molecular weight is 272 g/mol. The second-order valence-electron chi connectivity index (χ2n) is 2.88. The highest BCUT2D eigenvalue weighted by Crippen LogP contribution is 2.15. The summed E-state index contributed by atoms with van der Waals surface area (Å²) in [6, 6.07) is 0. The van der Waals surface area contributed by atoms with E-state index in [2.05, 4.69) is 20.5 Å². The molecular formula is C8H17BrO3P+. The molecule has 0 aromatic carbocycles. The topological polar surface area (TPSA) is 46.5 Å². The fraction of sp³-hybridized carbons (Fsp3) is 1.00. The van der Waals surface area contributed by atoms with Crippen LogP contribution in [-0.2, 0) is 9.09 Å². The normalized spacial score (nSPS) is 11.7. The Labute approximate surface area is 88.9 Å². The van der Waals surface area contributed by atoms with Gasteiger partial charge in [-0.3, -0.25) is 0 Å². The highest BCUT2D eigenvalue weighted by atomic mass is 79.9. The Hall–Kier alpha value is 0.500. The molecule has 0 heterocycles. The van der Waals surface area contributed by atoms with Crippen molar-refractivity contribution < 1.29 is 14.0 Å². The standard InChI is InChI=1S/C8H16BrO3P/c9-7-5-3-1-2-4-6-8-12-13(10)11/h1-8H2/p+1. The van der Waals surface area contributed by atoms with Crippen LogP contribution in [0.4, 0.5) is 0 Å². The van der Waals surface area contributed by atoms with E-state index in [9.17, 15) is 4.57 Å². The molecule has 0 aromatic heterocycles. The van der Waals surface area contributed by atoms with Crippen molar-refractivity contribution in [2.75, 3.05) is 11.9 Å². The molecule has 1 unspecified atom stereocenters. The van der Waals surface area contributed by atoms with Crippen molar-refractivity contribution in [3.8, 4) is 0 Å². The van der Waals surface area contributed by atoms with Crippen molar-refractivity contribution in [3.63, 3.8) is 0 Å². The van der Waals surface area contributed by atoms with Crippen LogP contribution < -0.4 is 0 Å². The van der Waals surface area contributed by atoms with Gasteiger partial charge in [0.2, 0.25) is 0 Å². The Morgan fingerprint density at radius 1 is 1.08 bits per heavy atom. The van der Waals surface area contributed by atoms with Gasteiger partial charge in [-0.1, -0.05) is 41.6 Å². The van der Waals surface area contributed by atoms with Crippen molar-refractivity contribution in [1.82, 2.24) is 0 Å². The van der Waals surface area contributed by atoms with Crippen LogP contribution >= 0.6 is 24.2 Å². The van der Waals surface area contributed by atoms with Gasteiger partial charge in [0.1, 0.15) is 6.61 Å². The van der Waals surface area contributed by atoms with Gasteiger partial charge in [-0.2, -0.15) is 0 Å². The predicted molar refractivity (Wildman–Crippen MR) is 57.3 cm³/mol. The molecule has 1 atom stereocenters. The molecule has 5 heteroatoms. The molecule has 0 spiro atoms. The van der Waals surface area contributed by atoms with Gasteiger partial charge >= 0.3 is 8.25 Å². The van der Waals surface area contributed by atoms with Gasteiger partial charge in [0.25, 0.3) is 0 Å². The number of hydrogen-bond donors (Lipinski definition) is 1. The molecule has 0 amide bonds. The molecule has 0 aliphatic rings. The molecule has 0 aliphatic heterocycles. The highest BCUT2D eigenvalue weighted by molar-refractivity contribution is 9.09. The summed E-state index contributed by atoms with van der Waals surface area (Å²) in [4.78, 5) is 8.31. The van der Waals surface area contributed by atoms with Crippen LogP contribution in [-0.4, -0.2) is 16.8 Å². The summed E-state index contributed by atoms with van der Waals surface area (Å²) in [5, 5.41) is 1.08. The Morgan fingerprint density at radius 2 is 1.62 bits per heavy atom. The monoisotopic (exact) mass is 271 g/mol.